The van der Waals surface area contributed by atoms with E-state index < -0.39 is 5.60 Å². The normalized spacial score (nSPS) is 16.0. The highest BCUT2D eigenvalue weighted by Crippen LogP contribution is 2.15. The number of carbonyl (C=O) groups is 1. The van der Waals surface area contributed by atoms with E-state index in [1.807, 2.05) is 44.2 Å². The summed E-state index contributed by atoms with van der Waals surface area (Å²) < 4.78 is 0. The molecule has 2 atom stereocenters. The van der Waals surface area contributed by atoms with E-state index >= 15 is 0 Å². The van der Waals surface area contributed by atoms with Crippen molar-refractivity contribution < 1.29 is 9.90 Å². The van der Waals surface area contributed by atoms with Crippen LogP contribution in [0.2, 0.25) is 0 Å². The highest BCUT2D eigenvalue weighted by molar-refractivity contribution is 5.83. The van der Waals surface area contributed by atoms with Gasteiger partial charge in [0.1, 0.15) is 0 Å². The van der Waals surface area contributed by atoms with Gasteiger partial charge in [-0.2, -0.15) is 0 Å². The topological polar surface area (TPSA) is 49.3 Å². The molecule has 1 rings (SSSR count). The van der Waals surface area contributed by atoms with Crippen molar-refractivity contribution in [2.75, 3.05) is 6.54 Å². The predicted octanol–water partition coefficient (Wildman–Crippen LogP) is 2.07. The van der Waals surface area contributed by atoms with Gasteiger partial charge < -0.3 is 10.4 Å². The Morgan fingerprint density at radius 2 is 2.00 bits per heavy atom. The van der Waals surface area contributed by atoms with Gasteiger partial charge in [-0.05, 0) is 25.8 Å². The molecule has 0 radical (unpaired) electrons. The molecule has 0 saturated carbocycles. The largest absolute Gasteiger partial charge is 0.388 e. The van der Waals surface area contributed by atoms with Gasteiger partial charge in [0.15, 0.2) is 0 Å². The summed E-state index contributed by atoms with van der Waals surface area (Å²) in [4.78, 5) is 11.9. The van der Waals surface area contributed by atoms with E-state index in [0.717, 1.165) is 5.56 Å². The quantitative estimate of drug-likeness (QED) is 0.820. The van der Waals surface area contributed by atoms with E-state index in [2.05, 4.69) is 5.32 Å². The molecule has 17 heavy (non-hydrogen) atoms. The van der Waals surface area contributed by atoms with Crippen LogP contribution in [0.3, 0.4) is 0 Å². The van der Waals surface area contributed by atoms with E-state index in [0.29, 0.717) is 13.0 Å². The first-order valence-electron chi connectivity index (χ1n) is 6.01. The van der Waals surface area contributed by atoms with Gasteiger partial charge in [0.25, 0.3) is 0 Å². The van der Waals surface area contributed by atoms with Crippen molar-refractivity contribution >= 4 is 5.91 Å². The molecule has 0 spiro atoms. The smallest absolute Gasteiger partial charge is 0.227 e. The van der Waals surface area contributed by atoms with Crippen molar-refractivity contribution in [3.63, 3.8) is 0 Å². The third-order valence-electron chi connectivity index (χ3n) is 3.10. The van der Waals surface area contributed by atoms with Gasteiger partial charge in [0.05, 0.1) is 11.5 Å². The lowest BCUT2D eigenvalue weighted by atomic mass is 9.99. The maximum Gasteiger partial charge on any atom is 0.227 e. The fourth-order valence-electron chi connectivity index (χ4n) is 1.45. The van der Waals surface area contributed by atoms with Gasteiger partial charge in [-0.1, -0.05) is 37.3 Å². The summed E-state index contributed by atoms with van der Waals surface area (Å²) in [6.07, 6.45) is 0.618. The Morgan fingerprint density at radius 3 is 2.53 bits per heavy atom. The molecule has 0 aromatic heterocycles. The van der Waals surface area contributed by atoms with Crippen molar-refractivity contribution in [1.29, 1.82) is 0 Å². The minimum atomic E-state index is -0.827. The zero-order chi connectivity index (χ0) is 12.9. The molecule has 2 unspecified atom stereocenters. The summed E-state index contributed by atoms with van der Waals surface area (Å²) in [7, 11) is 0. The summed E-state index contributed by atoms with van der Waals surface area (Å²) in [6.45, 7) is 5.78. The van der Waals surface area contributed by atoms with E-state index in [-0.39, 0.29) is 11.8 Å². The lowest BCUT2D eigenvalue weighted by Crippen LogP contribution is -2.41. The van der Waals surface area contributed by atoms with Crippen molar-refractivity contribution in [2.45, 2.75) is 38.7 Å². The number of aliphatic hydroxyl groups is 1. The van der Waals surface area contributed by atoms with Crippen LogP contribution < -0.4 is 5.32 Å². The maximum atomic E-state index is 11.9. The molecule has 0 bridgehead atoms. The molecule has 1 aromatic carbocycles. The maximum absolute atomic E-state index is 11.9. The third-order valence-corrected chi connectivity index (χ3v) is 3.10. The van der Waals surface area contributed by atoms with Crippen LogP contribution in [0.25, 0.3) is 0 Å². The molecule has 0 fully saturated rings. The Balaban J connectivity index is 2.54. The van der Waals surface area contributed by atoms with Crippen LogP contribution >= 0.6 is 0 Å². The second kappa shape index (κ2) is 5.82. The Morgan fingerprint density at radius 1 is 1.41 bits per heavy atom. The van der Waals surface area contributed by atoms with E-state index in [4.69, 9.17) is 0 Å². The second-order valence-electron chi connectivity index (χ2n) is 4.70. The van der Waals surface area contributed by atoms with Crippen molar-refractivity contribution in [3.05, 3.63) is 35.9 Å². The zero-order valence-electron chi connectivity index (χ0n) is 10.7. The van der Waals surface area contributed by atoms with Crippen molar-refractivity contribution in [2.24, 2.45) is 0 Å². The van der Waals surface area contributed by atoms with E-state index in [1.165, 1.54) is 0 Å². The van der Waals surface area contributed by atoms with Crippen LogP contribution in [0.5, 0.6) is 0 Å². The molecule has 1 aromatic rings. The van der Waals surface area contributed by atoms with Gasteiger partial charge in [-0.15, -0.1) is 0 Å². The van der Waals surface area contributed by atoms with Crippen LogP contribution in [-0.4, -0.2) is 23.2 Å². The van der Waals surface area contributed by atoms with Gasteiger partial charge in [-0.3, -0.25) is 4.79 Å². The SMILES string of the molecule is CCC(C)(O)CNC(=O)C(C)c1ccccc1. The molecule has 1 amide bonds. The summed E-state index contributed by atoms with van der Waals surface area (Å²) in [5, 5.41) is 12.6. The average molecular weight is 235 g/mol. The molecule has 2 N–H and O–H groups in total. The lowest BCUT2D eigenvalue weighted by molar-refractivity contribution is -0.123. The van der Waals surface area contributed by atoms with Crippen molar-refractivity contribution in [3.8, 4) is 0 Å². The Labute approximate surface area is 103 Å². The minimum Gasteiger partial charge on any atom is -0.388 e. The Bertz CT molecular complexity index is 360. The first kappa shape index (κ1) is 13.7. The number of carbonyl (C=O) groups excluding carboxylic acids is 1. The third kappa shape index (κ3) is 4.19. The Hall–Kier alpha value is -1.35. The fourth-order valence-corrected chi connectivity index (χ4v) is 1.45. The molecule has 0 heterocycles. The molecule has 0 aliphatic heterocycles. The summed E-state index contributed by atoms with van der Waals surface area (Å²) in [5.41, 5.74) is 0.160. The Kier molecular flexibility index (Phi) is 4.70. The van der Waals surface area contributed by atoms with Crippen LogP contribution in [0.4, 0.5) is 0 Å². The second-order valence-corrected chi connectivity index (χ2v) is 4.70. The molecular weight excluding hydrogens is 214 g/mol. The van der Waals surface area contributed by atoms with Gasteiger partial charge in [0.2, 0.25) is 5.91 Å². The summed E-state index contributed by atoms with van der Waals surface area (Å²) in [6, 6.07) is 9.63. The van der Waals surface area contributed by atoms with Gasteiger partial charge in [-0.25, -0.2) is 0 Å². The predicted molar refractivity (Wildman–Crippen MR) is 68.8 cm³/mol. The fraction of sp³-hybridized carbons (Fsp3) is 0.500. The number of amides is 1. The molecule has 94 valence electrons. The van der Waals surface area contributed by atoms with Crippen LogP contribution in [0, 0.1) is 0 Å². The average Bonchev–Trinajstić information content (AvgIpc) is 2.36. The summed E-state index contributed by atoms with van der Waals surface area (Å²) in [5.74, 6) is -0.242. The highest BCUT2D eigenvalue weighted by atomic mass is 16.3. The standard InChI is InChI=1S/C14H21NO2/c1-4-14(3,17)10-15-13(16)11(2)12-8-6-5-7-9-12/h5-9,11,17H,4,10H2,1-3H3,(H,15,16). The molecule has 3 heteroatoms. The van der Waals surface area contributed by atoms with Crippen molar-refractivity contribution in [1.82, 2.24) is 5.32 Å². The summed E-state index contributed by atoms with van der Waals surface area (Å²) >= 11 is 0. The number of rotatable bonds is 5. The van der Waals surface area contributed by atoms with E-state index in [1.54, 1.807) is 6.92 Å². The van der Waals surface area contributed by atoms with Crippen LogP contribution in [0.1, 0.15) is 38.7 Å². The first-order chi connectivity index (χ1) is 7.96. The van der Waals surface area contributed by atoms with Crippen LogP contribution in [0.15, 0.2) is 30.3 Å². The number of hydrogen-bond acceptors (Lipinski definition) is 2. The highest BCUT2D eigenvalue weighted by Gasteiger charge is 2.21. The minimum absolute atomic E-state index is 0.0510. The monoisotopic (exact) mass is 235 g/mol. The number of hydrogen-bond donors (Lipinski definition) is 2. The molecule has 0 saturated heterocycles. The lowest BCUT2D eigenvalue weighted by Gasteiger charge is -2.22. The molecule has 0 aliphatic carbocycles. The molecular formula is C14H21NO2. The zero-order valence-corrected chi connectivity index (χ0v) is 10.7. The van der Waals surface area contributed by atoms with E-state index in [9.17, 15) is 9.90 Å². The number of benzene rings is 1. The van der Waals surface area contributed by atoms with Crippen LogP contribution in [-0.2, 0) is 4.79 Å². The van der Waals surface area contributed by atoms with Gasteiger partial charge in [0, 0.05) is 6.54 Å². The molecule has 0 aliphatic rings. The molecule has 3 nitrogen and oxygen atoms in total. The first-order valence-corrected chi connectivity index (χ1v) is 6.01. The van der Waals surface area contributed by atoms with Gasteiger partial charge >= 0.3 is 0 Å². The number of nitrogens with one attached hydrogen (secondary N) is 1.